The van der Waals surface area contributed by atoms with Crippen molar-refractivity contribution < 1.29 is 9.59 Å². The van der Waals surface area contributed by atoms with Crippen LogP contribution in [0.25, 0.3) is 10.9 Å². The van der Waals surface area contributed by atoms with Crippen molar-refractivity contribution >= 4 is 28.4 Å². The molecule has 1 saturated heterocycles. The highest BCUT2D eigenvalue weighted by molar-refractivity contribution is 6.03. The van der Waals surface area contributed by atoms with Gasteiger partial charge < -0.3 is 10.2 Å². The van der Waals surface area contributed by atoms with Crippen molar-refractivity contribution in [1.29, 1.82) is 0 Å². The molecule has 4 rings (SSSR count). The molecule has 1 aliphatic rings. The fourth-order valence-electron chi connectivity index (χ4n) is 4.58. The molecule has 0 bridgehead atoms. The Morgan fingerprint density at radius 2 is 1.69 bits per heavy atom. The average Bonchev–Trinajstić information content (AvgIpc) is 2.76. The number of nitrogens with zero attached hydrogens (tertiary/aromatic N) is 3. The average molecular weight is 433 g/mol. The first-order valence-electron chi connectivity index (χ1n) is 11.0. The zero-order valence-corrected chi connectivity index (χ0v) is 18.7. The van der Waals surface area contributed by atoms with Gasteiger partial charge in [0.1, 0.15) is 12.4 Å². The molecule has 0 spiro atoms. The van der Waals surface area contributed by atoms with Gasteiger partial charge in [0, 0.05) is 13.1 Å². The molecular formula is C25H28N4O3. The zero-order valence-electron chi connectivity index (χ0n) is 18.7. The normalized spacial score (nSPS) is 18.5. The topological polar surface area (TPSA) is 84.3 Å². The van der Waals surface area contributed by atoms with Gasteiger partial charge in [-0.1, -0.05) is 38.1 Å². The lowest BCUT2D eigenvalue weighted by atomic mass is 9.91. The van der Waals surface area contributed by atoms with Crippen LogP contribution in [0.2, 0.25) is 0 Å². The third kappa shape index (κ3) is 4.42. The van der Waals surface area contributed by atoms with E-state index in [1.165, 1.54) is 4.57 Å². The molecule has 0 aliphatic carbocycles. The number of aryl methyl sites for hydroxylation is 1. The number of carbonyl (C=O) groups excluding carboxylic acids is 2. The van der Waals surface area contributed by atoms with Gasteiger partial charge in [-0.2, -0.15) is 0 Å². The molecule has 2 heterocycles. The highest BCUT2D eigenvalue weighted by Gasteiger charge is 2.27. The van der Waals surface area contributed by atoms with E-state index in [-0.39, 0.29) is 23.9 Å². The van der Waals surface area contributed by atoms with Gasteiger partial charge in [-0.25, -0.2) is 4.98 Å². The van der Waals surface area contributed by atoms with E-state index >= 15 is 0 Å². The number of likely N-dealkylation sites (tertiary alicyclic amines) is 1. The van der Waals surface area contributed by atoms with Gasteiger partial charge in [-0.05, 0) is 49.4 Å². The number of carbonyl (C=O) groups is 2. The summed E-state index contributed by atoms with van der Waals surface area (Å²) in [6, 6.07) is 14.1. The lowest BCUT2D eigenvalue weighted by Gasteiger charge is -2.35. The quantitative estimate of drug-likeness (QED) is 0.684. The van der Waals surface area contributed by atoms with Crippen LogP contribution >= 0.6 is 0 Å². The number of piperidine rings is 1. The molecule has 2 unspecified atom stereocenters. The zero-order chi connectivity index (χ0) is 22.8. The maximum atomic E-state index is 13.2. The van der Waals surface area contributed by atoms with Crippen molar-refractivity contribution in [3.63, 3.8) is 0 Å². The van der Waals surface area contributed by atoms with Crippen LogP contribution in [0.4, 0.5) is 5.69 Å². The lowest BCUT2D eigenvalue weighted by molar-refractivity contribution is -0.116. The van der Waals surface area contributed by atoms with Crippen LogP contribution in [-0.4, -0.2) is 39.4 Å². The van der Waals surface area contributed by atoms with Crippen LogP contribution < -0.4 is 10.9 Å². The molecule has 1 aliphatic heterocycles. The standard InChI is InChI=1S/C25H28N4O3/c1-16-12-17(2)14-28(13-16)24(31)19-8-4-7-11-22(19)27-23(30)15-29-18(3)26-21-10-6-5-9-20(21)25(29)32/h4-11,16-17H,12-15H2,1-3H3,(H,27,30). The molecule has 1 N–H and O–H groups in total. The smallest absolute Gasteiger partial charge is 0.261 e. The van der Waals surface area contributed by atoms with Crippen LogP contribution in [-0.2, 0) is 11.3 Å². The van der Waals surface area contributed by atoms with Gasteiger partial charge in [0.25, 0.3) is 11.5 Å². The van der Waals surface area contributed by atoms with Gasteiger partial charge >= 0.3 is 0 Å². The molecule has 3 aromatic rings. The molecule has 0 saturated carbocycles. The van der Waals surface area contributed by atoms with Crippen LogP contribution in [0.5, 0.6) is 0 Å². The molecule has 1 aromatic heterocycles. The first-order chi connectivity index (χ1) is 15.3. The van der Waals surface area contributed by atoms with E-state index in [0.717, 1.165) is 6.42 Å². The van der Waals surface area contributed by atoms with E-state index in [9.17, 15) is 14.4 Å². The number of benzene rings is 2. The summed E-state index contributed by atoms with van der Waals surface area (Å²) in [5.41, 5.74) is 1.26. The van der Waals surface area contributed by atoms with Crippen LogP contribution in [0.15, 0.2) is 53.3 Å². The van der Waals surface area contributed by atoms with Crippen molar-refractivity contribution in [1.82, 2.24) is 14.5 Å². The number of aromatic nitrogens is 2. The van der Waals surface area contributed by atoms with Gasteiger partial charge in [0.15, 0.2) is 0 Å². The van der Waals surface area contributed by atoms with Crippen molar-refractivity contribution in [3.05, 3.63) is 70.3 Å². The lowest BCUT2D eigenvalue weighted by Crippen LogP contribution is -2.42. The Morgan fingerprint density at radius 3 is 2.44 bits per heavy atom. The third-order valence-electron chi connectivity index (χ3n) is 5.94. The molecule has 166 valence electrons. The van der Waals surface area contributed by atoms with Gasteiger partial charge in [-0.15, -0.1) is 0 Å². The number of nitrogens with one attached hydrogen (secondary N) is 1. The molecule has 2 atom stereocenters. The first kappa shape index (κ1) is 21.7. The van der Waals surface area contributed by atoms with Crippen LogP contribution in [0.1, 0.15) is 36.5 Å². The summed E-state index contributed by atoms with van der Waals surface area (Å²) >= 11 is 0. The predicted octanol–water partition coefficient (Wildman–Crippen LogP) is 3.46. The Bertz CT molecular complexity index is 1220. The summed E-state index contributed by atoms with van der Waals surface area (Å²) in [7, 11) is 0. The van der Waals surface area contributed by atoms with Gasteiger partial charge in [0.05, 0.1) is 22.2 Å². The van der Waals surface area contributed by atoms with E-state index < -0.39 is 0 Å². The van der Waals surface area contributed by atoms with E-state index in [1.54, 1.807) is 49.4 Å². The van der Waals surface area contributed by atoms with Gasteiger partial charge in [-0.3, -0.25) is 19.0 Å². The summed E-state index contributed by atoms with van der Waals surface area (Å²) in [6.45, 7) is 7.26. The minimum atomic E-state index is -0.382. The summed E-state index contributed by atoms with van der Waals surface area (Å²) in [4.78, 5) is 45.2. The number of hydrogen-bond acceptors (Lipinski definition) is 4. The molecule has 2 aromatic carbocycles. The maximum absolute atomic E-state index is 13.2. The Hall–Kier alpha value is -3.48. The Balaban J connectivity index is 1.56. The molecular weight excluding hydrogens is 404 g/mol. The third-order valence-corrected chi connectivity index (χ3v) is 5.94. The molecule has 0 radical (unpaired) electrons. The summed E-state index contributed by atoms with van der Waals surface area (Å²) in [5, 5.41) is 3.30. The fourth-order valence-corrected chi connectivity index (χ4v) is 4.58. The summed E-state index contributed by atoms with van der Waals surface area (Å²) in [5.74, 6) is 0.886. The van der Waals surface area contributed by atoms with E-state index in [4.69, 9.17) is 0 Å². The number of fused-ring (bicyclic) bond motifs is 1. The monoisotopic (exact) mass is 432 g/mol. The second kappa shape index (κ2) is 8.94. The first-order valence-corrected chi connectivity index (χ1v) is 11.0. The second-order valence-electron chi connectivity index (χ2n) is 8.82. The molecule has 7 heteroatoms. The number of amides is 2. The molecule has 1 fully saturated rings. The minimum absolute atomic E-state index is 0.0833. The fraction of sp³-hybridized carbons (Fsp3) is 0.360. The highest BCUT2D eigenvalue weighted by Crippen LogP contribution is 2.25. The molecule has 7 nitrogen and oxygen atoms in total. The number of anilines is 1. The van der Waals surface area contributed by atoms with Crippen LogP contribution in [0.3, 0.4) is 0 Å². The van der Waals surface area contributed by atoms with Crippen molar-refractivity contribution in [2.45, 2.75) is 33.7 Å². The Morgan fingerprint density at radius 1 is 1.03 bits per heavy atom. The predicted molar refractivity (Wildman–Crippen MR) is 125 cm³/mol. The summed E-state index contributed by atoms with van der Waals surface area (Å²) in [6.07, 6.45) is 1.11. The molecule has 32 heavy (non-hydrogen) atoms. The summed E-state index contributed by atoms with van der Waals surface area (Å²) < 4.78 is 1.36. The van der Waals surface area contributed by atoms with Crippen molar-refractivity contribution in [2.75, 3.05) is 18.4 Å². The Kier molecular flexibility index (Phi) is 6.08. The van der Waals surface area contributed by atoms with E-state index in [1.807, 2.05) is 11.0 Å². The van der Waals surface area contributed by atoms with Crippen molar-refractivity contribution in [2.24, 2.45) is 11.8 Å². The Labute approximate surface area is 187 Å². The second-order valence-corrected chi connectivity index (χ2v) is 8.82. The highest BCUT2D eigenvalue weighted by atomic mass is 16.2. The number of rotatable bonds is 4. The number of hydrogen-bond donors (Lipinski definition) is 1. The van der Waals surface area contributed by atoms with Crippen LogP contribution in [0, 0.1) is 18.8 Å². The van der Waals surface area contributed by atoms with Crippen molar-refractivity contribution in [3.8, 4) is 0 Å². The van der Waals surface area contributed by atoms with E-state index in [0.29, 0.717) is 52.9 Å². The maximum Gasteiger partial charge on any atom is 0.261 e. The molecule has 2 amide bonds. The SMILES string of the molecule is Cc1nc2ccccc2c(=O)n1CC(=O)Nc1ccccc1C(=O)N1CC(C)CC(C)C1. The van der Waals surface area contributed by atoms with Gasteiger partial charge in [0.2, 0.25) is 5.91 Å². The van der Waals surface area contributed by atoms with E-state index in [2.05, 4.69) is 24.1 Å². The largest absolute Gasteiger partial charge is 0.338 e. The minimum Gasteiger partial charge on any atom is -0.338 e. The number of para-hydroxylation sites is 2.